The molecule has 3 heterocycles. The Morgan fingerprint density at radius 2 is 2.32 bits per heavy atom. The number of rotatable bonds is 3. The minimum absolute atomic E-state index is 0.370. The van der Waals surface area contributed by atoms with Crippen LogP contribution >= 0.6 is 0 Å². The van der Waals surface area contributed by atoms with Crippen LogP contribution in [-0.4, -0.2) is 53.1 Å². The van der Waals surface area contributed by atoms with Crippen LogP contribution in [0.4, 0.5) is 0 Å². The Morgan fingerprint density at radius 1 is 1.47 bits per heavy atom. The molecule has 0 unspecified atom stereocenters. The van der Waals surface area contributed by atoms with Gasteiger partial charge in [0.05, 0.1) is 18.4 Å². The van der Waals surface area contributed by atoms with Crippen molar-refractivity contribution >= 4 is 0 Å². The van der Waals surface area contributed by atoms with Gasteiger partial charge in [-0.2, -0.15) is 5.10 Å². The van der Waals surface area contributed by atoms with Crippen LogP contribution in [0.2, 0.25) is 0 Å². The van der Waals surface area contributed by atoms with E-state index in [1.165, 1.54) is 5.56 Å². The Hall–Kier alpha value is -0.910. The number of morpholine rings is 1. The highest BCUT2D eigenvalue weighted by atomic mass is 16.5. The molecule has 19 heavy (non-hydrogen) atoms. The minimum Gasteiger partial charge on any atom is -0.374 e. The number of nitrogens with one attached hydrogen (secondary N) is 1. The van der Waals surface area contributed by atoms with Gasteiger partial charge in [-0.25, -0.2) is 0 Å². The van der Waals surface area contributed by atoms with E-state index in [0.717, 1.165) is 38.5 Å². The summed E-state index contributed by atoms with van der Waals surface area (Å²) in [5.74, 6) is 0. The van der Waals surface area contributed by atoms with E-state index in [1.54, 1.807) is 0 Å². The van der Waals surface area contributed by atoms with Crippen molar-refractivity contribution in [1.82, 2.24) is 20.0 Å². The molecular weight excluding hydrogens is 240 g/mol. The first-order valence-electron chi connectivity index (χ1n) is 7.26. The van der Waals surface area contributed by atoms with Crippen LogP contribution in [0.5, 0.6) is 0 Å². The second-order valence-electron chi connectivity index (χ2n) is 5.92. The summed E-state index contributed by atoms with van der Waals surface area (Å²) in [5, 5.41) is 8.03. The molecule has 0 radical (unpaired) electrons. The van der Waals surface area contributed by atoms with Crippen LogP contribution in [0.15, 0.2) is 6.20 Å². The van der Waals surface area contributed by atoms with E-state index < -0.39 is 0 Å². The monoisotopic (exact) mass is 264 g/mol. The van der Waals surface area contributed by atoms with Crippen LogP contribution in [-0.2, 0) is 11.3 Å². The molecule has 1 aromatic heterocycles. The van der Waals surface area contributed by atoms with Gasteiger partial charge < -0.3 is 10.1 Å². The van der Waals surface area contributed by atoms with Gasteiger partial charge in [0.25, 0.3) is 0 Å². The molecule has 2 atom stereocenters. The molecule has 0 aliphatic carbocycles. The highest BCUT2D eigenvalue weighted by molar-refractivity contribution is 5.16. The van der Waals surface area contributed by atoms with E-state index in [4.69, 9.17) is 4.74 Å². The smallest absolute Gasteiger partial charge is 0.0867 e. The zero-order chi connectivity index (χ0) is 13.4. The van der Waals surface area contributed by atoms with Crippen molar-refractivity contribution in [3.8, 4) is 0 Å². The van der Waals surface area contributed by atoms with Crippen molar-refractivity contribution in [2.75, 3.05) is 26.2 Å². The molecule has 1 N–H and O–H groups in total. The quantitative estimate of drug-likeness (QED) is 0.882. The summed E-state index contributed by atoms with van der Waals surface area (Å²) in [5.41, 5.74) is 2.50. The maximum absolute atomic E-state index is 5.82. The predicted octanol–water partition coefficient (Wildman–Crippen LogP) is 0.945. The standard InChI is InChI=1S/C14H24N4O/c1-10(2)18-9-12(11(3)16-18)8-17-4-5-19-14-7-15-6-13(14)17/h9-10,13-15H,4-8H2,1-3H3/t13-,14+/m1/s1. The number of aromatic nitrogens is 2. The third-order valence-electron chi connectivity index (χ3n) is 4.23. The largest absolute Gasteiger partial charge is 0.374 e. The highest BCUT2D eigenvalue weighted by Crippen LogP contribution is 2.21. The molecule has 0 aromatic carbocycles. The van der Waals surface area contributed by atoms with Gasteiger partial charge in [0.1, 0.15) is 0 Å². The van der Waals surface area contributed by atoms with Crippen molar-refractivity contribution in [1.29, 1.82) is 0 Å². The van der Waals surface area contributed by atoms with Crippen molar-refractivity contribution in [3.05, 3.63) is 17.5 Å². The fraction of sp³-hybridized carbons (Fsp3) is 0.786. The number of nitrogens with zero attached hydrogens (tertiary/aromatic N) is 3. The van der Waals surface area contributed by atoms with E-state index in [2.05, 4.69) is 47.0 Å². The Morgan fingerprint density at radius 3 is 3.05 bits per heavy atom. The van der Waals surface area contributed by atoms with E-state index in [-0.39, 0.29) is 0 Å². The topological polar surface area (TPSA) is 42.3 Å². The van der Waals surface area contributed by atoms with E-state index >= 15 is 0 Å². The van der Waals surface area contributed by atoms with Gasteiger partial charge in [-0.05, 0) is 20.8 Å². The first-order chi connectivity index (χ1) is 9.15. The van der Waals surface area contributed by atoms with Crippen LogP contribution in [0.25, 0.3) is 0 Å². The molecule has 2 fully saturated rings. The third kappa shape index (κ3) is 2.55. The van der Waals surface area contributed by atoms with E-state index in [9.17, 15) is 0 Å². The lowest BCUT2D eigenvalue weighted by Crippen LogP contribution is -2.50. The summed E-state index contributed by atoms with van der Waals surface area (Å²) in [6, 6.07) is 0.952. The number of fused-ring (bicyclic) bond motifs is 1. The fourth-order valence-electron chi connectivity index (χ4n) is 3.02. The second kappa shape index (κ2) is 5.23. The summed E-state index contributed by atoms with van der Waals surface area (Å²) >= 11 is 0. The van der Waals surface area contributed by atoms with Crippen molar-refractivity contribution < 1.29 is 4.74 Å². The Bertz CT molecular complexity index is 443. The lowest BCUT2D eigenvalue weighted by Gasteiger charge is -2.36. The summed E-state index contributed by atoms with van der Waals surface area (Å²) in [6.07, 6.45) is 2.57. The number of hydrogen-bond acceptors (Lipinski definition) is 4. The number of ether oxygens (including phenoxy) is 1. The Kier molecular flexibility index (Phi) is 3.60. The van der Waals surface area contributed by atoms with E-state index in [0.29, 0.717) is 18.2 Å². The molecule has 106 valence electrons. The summed E-state index contributed by atoms with van der Waals surface area (Å²) < 4.78 is 7.88. The molecule has 2 aliphatic heterocycles. The van der Waals surface area contributed by atoms with Crippen molar-refractivity contribution in [3.63, 3.8) is 0 Å². The maximum atomic E-state index is 5.82. The van der Waals surface area contributed by atoms with Gasteiger partial charge in [0.2, 0.25) is 0 Å². The van der Waals surface area contributed by atoms with Crippen LogP contribution in [0.1, 0.15) is 31.1 Å². The van der Waals surface area contributed by atoms with Gasteiger partial charge in [0.15, 0.2) is 0 Å². The molecule has 3 rings (SSSR count). The molecule has 1 aromatic rings. The normalized spacial score (nSPS) is 28.0. The first-order valence-corrected chi connectivity index (χ1v) is 7.26. The number of hydrogen-bond donors (Lipinski definition) is 1. The summed E-state index contributed by atoms with van der Waals surface area (Å²) in [4.78, 5) is 2.54. The Labute approximate surface area is 114 Å². The molecular formula is C14H24N4O. The lowest BCUT2D eigenvalue weighted by atomic mass is 10.1. The summed E-state index contributed by atoms with van der Waals surface area (Å²) in [7, 11) is 0. The second-order valence-corrected chi connectivity index (χ2v) is 5.92. The molecule has 0 spiro atoms. The average Bonchev–Trinajstić information content (AvgIpc) is 2.97. The Balaban J connectivity index is 1.73. The maximum Gasteiger partial charge on any atom is 0.0867 e. The van der Waals surface area contributed by atoms with Crippen LogP contribution < -0.4 is 5.32 Å². The van der Waals surface area contributed by atoms with Crippen molar-refractivity contribution in [2.45, 2.75) is 45.5 Å². The van der Waals surface area contributed by atoms with Crippen molar-refractivity contribution in [2.24, 2.45) is 0 Å². The van der Waals surface area contributed by atoms with Gasteiger partial charge in [-0.15, -0.1) is 0 Å². The van der Waals surface area contributed by atoms with Crippen LogP contribution in [0, 0.1) is 6.92 Å². The van der Waals surface area contributed by atoms with Gasteiger partial charge in [0, 0.05) is 50.0 Å². The third-order valence-corrected chi connectivity index (χ3v) is 4.23. The van der Waals surface area contributed by atoms with Gasteiger partial charge in [-0.3, -0.25) is 9.58 Å². The SMILES string of the molecule is Cc1nn(C(C)C)cc1CN1CCO[C@H]2CNC[C@H]21. The minimum atomic E-state index is 0.370. The van der Waals surface area contributed by atoms with Gasteiger partial charge in [-0.1, -0.05) is 0 Å². The first kappa shape index (κ1) is 13.1. The predicted molar refractivity (Wildman–Crippen MR) is 74.2 cm³/mol. The molecule has 5 nitrogen and oxygen atoms in total. The molecule has 5 heteroatoms. The average molecular weight is 264 g/mol. The molecule has 0 saturated carbocycles. The van der Waals surface area contributed by atoms with Crippen LogP contribution in [0.3, 0.4) is 0 Å². The zero-order valence-electron chi connectivity index (χ0n) is 12.1. The molecule has 2 saturated heterocycles. The summed E-state index contributed by atoms with van der Waals surface area (Å²) in [6.45, 7) is 11.3. The number of aryl methyl sites for hydroxylation is 1. The molecule has 0 amide bonds. The lowest BCUT2D eigenvalue weighted by molar-refractivity contribution is -0.0501. The highest BCUT2D eigenvalue weighted by Gasteiger charge is 2.36. The molecule has 2 aliphatic rings. The molecule has 0 bridgehead atoms. The fourth-order valence-corrected chi connectivity index (χ4v) is 3.02. The zero-order valence-corrected chi connectivity index (χ0v) is 12.1. The van der Waals surface area contributed by atoms with E-state index in [1.807, 2.05) is 0 Å². The van der Waals surface area contributed by atoms with Gasteiger partial charge >= 0.3 is 0 Å².